The van der Waals surface area contributed by atoms with Crippen molar-refractivity contribution in [1.82, 2.24) is 10.3 Å². The highest BCUT2D eigenvalue weighted by Crippen LogP contribution is 2.25. The van der Waals surface area contributed by atoms with Gasteiger partial charge in [-0.2, -0.15) is 0 Å². The SMILES string of the molecule is COCCNc1ccc(C(=O)NCc2ccc(OC(C)C)nc2)cc1[N+](=O)[O-]. The first-order valence-corrected chi connectivity index (χ1v) is 8.81. The number of carbonyl (C=O) groups is 1. The van der Waals surface area contributed by atoms with Crippen molar-refractivity contribution in [3.63, 3.8) is 0 Å². The van der Waals surface area contributed by atoms with Gasteiger partial charge in [0.15, 0.2) is 0 Å². The van der Waals surface area contributed by atoms with Crippen LogP contribution >= 0.6 is 0 Å². The molecule has 0 aliphatic heterocycles. The maximum atomic E-state index is 12.4. The second kappa shape index (κ2) is 10.2. The molecule has 0 aliphatic carbocycles. The number of methoxy groups -OCH3 is 1. The first kappa shape index (κ1) is 21.1. The van der Waals surface area contributed by atoms with Gasteiger partial charge in [0.25, 0.3) is 11.6 Å². The van der Waals surface area contributed by atoms with Crippen LogP contribution in [0.15, 0.2) is 36.5 Å². The highest BCUT2D eigenvalue weighted by Gasteiger charge is 2.17. The number of aromatic nitrogens is 1. The minimum atomic E-state index is -0.525. The van der Waals surface area contributed by atoms with E-state index in [-0.39, 0.29) is 23.9 Å². The number of ether oxygens (including phenoxy) is 2. The van der Waals surface area contributed by atoms with Crippen molar-refractivity contribution in [1.29, 1.82) is 0 Å². The summed E-state index contributed by atoms with van der Waals surface area (Å²) >= 11 is 0. The summed E-state index contributed by atoms with van der Waals surface area (Å²) in [4.78, 5) is 27.3. The number of hydrogen-bond acceptors (Lipinski definition) is 7. The molecular weight excluding hydrogens is 364 g/mol. The first-order chi connectivity index (χ1) is 13.4. The second-order valence-corrected chi connectivity index (χ2v) is 6.26. The number of anilines is 1. The number of hydrogen-bond donors (Lipinski definition) is 2. The quantitative estimate of drug-likeness (QED) is 0.365. The molecule has 0 radical (unpaired) electrons. The first-order valence-electron chi connectivity index (χ1n) is 8.81. The summed E-state index contributed by atoms with van der Waals surface area (Å²) in [6.07, 6.45) is 1.64. The van der Waals surface area contributed by atoms with Gasteiger partial charge in [0.2, 0.25) is 5.88 Å². The van der Waals surface area contributed by atoms with E-state index in [1.54, 1.807) is 25.4 Å². The van der Waals surface area contributed by atoms with E-state index in [4.69, 9.17) is 9.47 Å². The number of nitrogens with one attached hydrogen (secondary N) is 2. The maximum absolute atomic E-state index is 12.4. The third kappa shape index (κ3) is 6.20. The standard InChI is InChI=1S/C19H24N4O5/c1-13(2)28-18-7-4-14(11-21-18)12-22-19(24)15-5-6-16(20-8-9-27-3)17(10-15)23(25)26/h4-7,10-11,13,20H,8-9,12H2,1-3H3,(H,22,24). The van der Waals surface area contributed by atoms with Gasteiger partial charge in [0.1, 0.15) is 5.69 Å². The molecule has 0 saturated heterocycles. The Morgan fingerprint density at radius 1 is 1.29 bits per heavy atom. The Bertz CT molecular complexity index is 808. The van der Waals surface area contributed by atoms with E-state index in [9.17, 15) is 14.9 Å². The van der Waals surface area contributed by atoms with E-state index in [2.05, 4.69) is 15.6 Å². The van der Waals surface area contributed by atoms with Crippen molar-refractivity contribution in [2.45, 2.75) is 26.5 Å². The lowest BCUT2D eigenvalue weighted by atomic mass is 10.1. The van der Waals surface area contributed by atoms with Gasteiger partial charge in [0, 0.05) is 44.1 Å². The molecule has 0 spiro atoms. The fraction of sp³-hybridized carbons (Fsp3) is 0.368. The molecule has 9 heteroatoms. The van der Waals surface area contributed by atoms with Crippen molar-refractivity contribution in [2.24, 2.45) is 0 Å². The molecule has 0 aliphatic rings. The molecule has 0 saturated carbocycles. The van der Waals surface area contributed by atoms with E-state index < -0.39 is 10.8 Å². The molecule has 150 valence electrons. The molecule has 0 bridgehead atoms. The smallest absolute Gasteiger partial charge is 0.293 e. The number of nitrogens with zero attached hydrogens (tertiary/aromatic N) is 2. The zero-order valence-corrected chi connectivity index (χ0v) is 16.1. The number of rotatable bonds is 10. The largest absolute Gasteiger partial charge is 0.475 e. The number of nitro benzene ring substituents is 1. The van der Waals surface area contributed by atoms with Gasteiger partial charge in [-0.25, -0.2) is 4.98 Å². The molecule has 9 nitrogen and oxygen atoms in total. The third-order valence-electron chi connectivity index (χ3n) is 3.69. The Morgan fingerprint density at radius 3 is 2.68 bits per heavy atom. The topological polar surface area (TPSA) is 116 Å². The van der Waals surface area contributed by atoms with Gasteiger partial charge >= 0.3 is 0 Å². The van der Waals surface area contributed by atoms with E-state index in [0.717, 1.165) is 5.56 Å². The van der Waals surface area contributed by atoms with Crippen molar-refractivity contribution >= 4 is 17.3 Å². The predicted molar refractivity (Wildman–Crippen MR) is 105 cm³/mol. The van der Waals surface area contributed by atoms with Gasteiger partial charge in [0.05, 0.1) is 17.6 Å². The zero-order chi connectivity index (χ0) is 20.5. The molecule has 2 rings (SSSR count). The van der Waals surface area contributed by atoms with Crippen LogP contribution in [0, 0.1) is 10.1 Å². The van der Waals surface area contributed by atoms with Crippen LogP contribution in [-0.4, -0.2) is 42.2 Å². The Hall–Kier alpha value is -3.20. The fourth-order valence-corrected chi connectivity index (χ4v) is 2.37. The lowest BCUT2D eigenvalue weighted by Crippen LogP contribution is -2.23. The van der Waals surface area contributed by atoms with Crippen molar-refractivity contribution in [3.05, 3.63) is 57.8 Å². The molecule has 0 atom stereocenters. The summed E-state index contributed by atoms with van der Waals surface area (Å²) in [6.45, 7) is 4.90. The summed E-state index contributed by atoms with van der Waals surface area (Å²) in [5.74, 6) is 0.103. The van der Waals surface area contributed by atoms with Crippen LogP contribution < -0.4 is 15.4 Å². The van der Waals surface area contributed by atoms with Crippen LogP contribution in [0.5, 0.6) is 5.88 Å². The highest BCUT2D eigenvalue weighted by molar-refractivity contribution is 5.95. The summed E-state index contributed by atoms with van der Waals surface area (Å²) in [6, 6.07) is 7.84. The van der Waals surface area contributed by atoms with Gasteiger partial charge in [-0.1, -0.05) is 6.07 Å². The molecule has 1 aromatic heterocycles. The monoisotopic (exact) mass is 388 g/mol. The number of amides is 1. The summed E-state index contributed by atoms with van der Waals surface area (Å²) < 4.78 is 10.4. The average Bonchev–Trinajstić information content (AvgIpc) is 2.67. The molecule has 1 heterocycles. The van der Waals surface area contributed by atoms with Gasteiger partial charge in [-0.15, -0.1) is 0 Å². The molecule has 28 heavy (non-hydrogen) atoms. The summed E-state index contributed by atoms with van der Waals surface area (Å²) in [5, 5.41) is 16.9. The third-order valence-corrected chi connectivity index (χ3v) is 3.69. The van der Waals surface area contributed by atoms with E-state index in [1.807, 2.05) is 13.8 Å². The van der Waals surface area contributed by atoms with Gasteiger partial charge < -0.3 is 20.1 Å². The maximum Gasteiger partial charge on any atom is 0.293 e. The Morgan fingerprint density at radius 2 is 2.07 bits per heavy atom. The molecule has 0 fully saturated rings. The number of nitro groups is 1. The van der Waals surface area contributed by atoms with Crippen LogP contribution in [0.25, 0.3) is 0 Å². The van der Waals surface area contributed by atoms with Crippen LogP contribution in [0.3, 0.4) is 0 Å². The minimum Gasteiger partial charge on any atom is -0.475 e. The minimum absolute atomic E-state index is 0.0285. The average molecular weight is 388 g/mol. The molecule has 2 aromatic rings. The van der Waals surface area contributed by atoms with E-state index in [1.165, 1.54) is 18.2 Å². The Labute approximate surface area is 163 Å². The fourth-order valence-electron chi connectivity index (χ4n) is 2.37. The lowest BCUT2D eigenvalue weighted by Gasteiger charge is -2.10. The normalized spacial score (nSPS) is 10.6. The molecule has 1 aromatic carbocycles. The number of benzene rings is 1. The van der Waals surface area contributed by atoms with E-state index >= 15 is 0 Å². The second-order valence-electron chi connectivity index (χ2n) is 6.26. The van der Waals surface area contributed by atoms with Crippen molar-refractivity contribution in [3.8, 4) is 5.88 Å². The highest BCUT2D eigenvalue weighted by atomic mass is 16.6. The summed E-state index contributed by atoms with van der Waals surface area (Å²) in [5.41, 5.74) is 1.16. The van der Waals surface area contributed by atoms with Crippen LogP contribution in [0.4, 0.5) is 11.4 Å². The van der Waals surface area contributed by atoms with Crippen molar-refractivity contribution in [2.75, 3.05) is 25.6 Å². The van der Waals surface area contributed by atoms with Gasteiger partial charge in [-0.3, -0.25) is 14.9 Å². The molecular formula is C19H24N4O5. The Kier molecular flexibility index (Phi) is 7.70. The molecule has 2 N–H and O–H groups in total. The summed E-state index contributed by atoms with van der Waals surface area (Å²) in [7, 11) is 1.55. The van der Waals surface area contributed by atoms with Crippen LogP contribution in [-0.2, 0) is 11.3 Å². The molecule has 0 unspecified atom stereocenters. The molecule has 1 amide bonds. The number of pyridine rings is 1. The number of carbonyl (C=O) groups excluding carboxylic acids is 1. The Balaban J connectivity index is 2.01. The van der Waals surface area contributed by atoms with Crippen LogP contribution in [0.2, 0.25) is 0 Å². The van der Waals surface area contributed by atoms with E-state index in [0.29, 0.717) is 24.7 Å². The van der Waals surface area contributed by atoms with Crippen molar-refractivity contribution < 1.29 is 19.2 Å². The lowest BCUT2D eigenvalue weighted by molar-refractivity contribution is -0.384. The zero-order valence-electron chi connectivity index (χ0n) is 16.1. The van der Waals surface area contributed by atoms with Gasteiger partial charge in [-0.05, 0) is 31.5 Å². The van der Waals surface area contributed by atoms with Crippen LogP contribution in [0.1, 0.15) is 29.8 Å². The predicted octanol–water partition coefficient (Wildman–Crippen LogP) is 2.77.